The van der Waals surface area contributed by atoms with Crippen LogP contribution in [0.25, 0.3) is 0 Å². The van der Waals surface area contributed by atoms with Crippen LogP contribution in [0.3, 0.4) is 0 Å². The van der Waals surface area contributed by atoms with E-state index in [0.717, 1.165) is 25.6 Å². The van der Waals surface area contributed by atoms with Gasteiger partial charge in [-0.2, -0.15) is 0 Å². The van der Waals surface area contributed by atoms with Crippen LogP contribution in [0.4, 0.5) is 0 Å². The highest BCUT2D eigenvalue weighted by molar-refractivity contribution is 4.75. The van der Waals surface area contributed by atoms with Crippen LogP contribution in [0.2, 0.25) is 0 Å². The molecule has 0 aromatic carbocycles. The van der Waals surface area contributed by atoms with E-state index in [1.165, 1.54) is 32.2 Å². The van der Waals surface area contributed by atoms with E-state index in [9.17, 15) is 5.11 Å². The van der Waals surface area contributed by atoms with Gasteiger partial charge in [-0.05, 0) is 51.7 Å². The number of nitrogens with zero attached hydrogens (tertiary/aromatic N) is 1. The quantitative estimate of drug-likeness (QED) is 0.669. The van der Waals surface area contributed by atoms with Gasteiger partial charge in [0.2, 0.25) is 0 Å². The average molecular weight is 242 g/mol. The second-order valence-electron chi connectivity index (χ2n) is 5.91. The molecule has 1 fully saturated rings. The molecule has 3 heteroatoms. The van der Waals surface area contributed by atoms with Crippen molar-refractivity contribution < 1.29 is 5.11 Å². The number of hydrogen-bond acceptors (Lipinski definition) is 3. The number of hydrogen-bond donors (Lipinski definition) is 2. The molecule has 0 radical (unpaired) electrons. The second-order valence-corrected chi connectivity index (χ2v) is 5.91. The zero-order valence-corrected chi connectivity index (χ0v) is 11.8. The fraction of sp³-hybridized carbons (Fsp3) is 1.00. The lowest BCUT2D eigenvalue weighted by Crippen LogP contribution is -2.39. The van der Waals surface area contributed by atoms with Crippen LogP contribution in [-0.4, -0.2) is 48.8 Å². The van der Waals surface area contributed by atoms with Gasteiger partial charge in [0.05, 0.1) is 6.10 Å². The summed E-state index contributed by atoms with van der Waals surface area (Å²) in [4.78, 5) is 2.48. The Morgan fingerprint density at radius 2 is 2.12 bits per heavy atom. The molecule has 1 rings (SSSR count). The molecule has 0 aliphatic carbocycles. The minimum atomic E-state index is -0.181. The molecule has 1 aliphatic heterocycles. The van der Waals surface area contributed by atoms with Crippen molar-refractivity contribution in [3.05, 3.63) is 0 Å². The summed E-state index contributed by atoms with van der Waals surface area (Å²) < 4.78 is 0. The Hall–Kier alpha value is -0.120. The van der Waals surface area contributed by atoms with E-state index >= 15 is 0 Å². The fourth-order valence-electron chi connectivity index (χ4n) is 2.67. The zero-order valence-electron chi connectivity index (χ0n) is 11.8. The smallest absolute Gasteiger partial charge is 0.0667 e. The van der Waals surface area contributed by atoms with Gasteiger partial charge in [0.1, 0.15) is 0 Å². The summed E-state index contributed by atoms with van der Waals surface area (Å²) in [6, 6.07) is 0.749. The second kappa shape index (κ2) is 8.06. The number of rotatable bonds is 7. The van der Waals surface area contributed by atoms with Gasteiger partial charge < -0.3 is 15.3 Å². The molecule has 2 N–H and O–H groups in total. The lowest BCUT2D eigenvalue weighted by Gasteiger charge is -2.32. The molecule has 1 aliphatic rings. The van der Waals surface area contributed by atoms with Crippen LogP contribution in [0.5, 0.6) is 0 Å². The molecule has 1 saturated heterocycles. The molecular weight excluding hydrogens is 212 g/mol. The number of aliphatic hydroxyl groups excluding tert-OH is 1. The van der Waals surface area contributed by atoms with Gasteiger partial charge in [-0.25, -0.2) is 0 Å². The van der Waals surface area contributed by atoms with Gasteiger partial charge >= 0.3 is 0 Å². The Morgan fingerprint density at radius 3 is 2.76 bits per heavy atom. The minimum Gasteiger partial charge on any atom is -0.392 e. The van der Waals surface area contributed by atoms with E-state index in [1.807, 2.05) is 0 Å². The number of nitrogens with one attached hydrogen (secondary N) is 1. The summed E-state index contributed by atoms with van der Waals surface area (Å²) in [7, 11) is 2.23. The Labute approximate surface area is 107 Å². The van der Waals surface area contributed by atoms with Gasteiger partial charge in [-0.3, -0.25) is 0 Å². The van der Waals surface area contributed by atoms with E-state index in [-0.39, 0.29) is 6.10 Å². The van der Waals surface area contributed by atoms with Crippen LogP contribution >= 0.6 is 0 Å². The van der Waals surface area contributed by atoms with Crippen LogP contribution in [-0.2, 0) is 0 Å². The van der Waals surface area contributed by atoms with Gasteiger partial charge in [0, 0.05) is 12.6 Å². The predicted octanol–water partition coefficient (Wildman–Crippen LogP) is 1.86. The molecular formula is C14H30N2O. The van der Waals surface area contributed by atoms with Crippen molar-refractivity contribution in [3.8, 4) is 0 Å². The normalized spacial score (nSPS) is 24.2. The highest BCUT2D eigenvalue weighted by atomic mass is 16.3. The highest BCUT2D eigenvalue weighted by Crippen LogP contribution is 2.17. The molecule has 0 bridgehead atoms. The molecule has 2 atom stereocenters. The summed E-state index contributed by atoms with van der Waals surface area (Å²) >= 11 is 0. The standard InChI is InChI=1S/C14H30N2O/c1-12(2)10-14(17)11-15-8-7-13-6-4-5-9-16(13)3/h12-15,17H,4-11H2,1-3H3. The van der Waals surface area contributed by atoms with Gasteiger partial charge in [-0.15, -0.1) is 0 Å². The minimum absolute atomic E-state index is 0.181. The van der Waals surface area contributed by atoms with Crippen molar-refractivity contribution in [2.24, 2.45) is 5.92 Å². The predicted molar refractivity (Wildman–Crippen MR) is 73.2 cm³/mol. The first-order valence-corrected chi connectivity index (χ1v) is 7.18. The highest BCUT2D eigenvalue weighted by Gasteiger charge is 2.18. The molecule has 3 nitrogen and oxygen atoms in total. The van der Waals surface area contributed by atoms with Crippen molar-refractivity contribution in [2.45, 2.75) is 58.1 Å². The molecule has 1 heterocycles. The lowest BCUT2D eigenvalue weighted by atomic mass is 10.00. The summed E-state index contributed by atoms with van der Waals surface area (Å²) in [6.45, 7) is 7.33. The SMILES string of the molecule is CC(C)CC(O)CNCCC1CCCCN1C. The van der Waals surface area contributed by atoms with Crippen LogP contribution in [0.15, 0.2) is 0 Å². The molecule has 0 aromatic heterocycles. The summed E-state index contributed by atoms with van der Waals surface area (Å²) in [6.07, 6.45) is 6.01. The maximum atomic E-state index is 9.74. The van der Waals surface area contributed by atoms with Crippen LogP contribution in [0.1, 0.15) is 46.0 Å². The van der Waals surface area contributed by atoms with Crippen molar-refractivity contribution in [2.75, 3.05) is 26.7 Å². The Kier molecular flexibility index (Phi) is 7.09. The van der Waals surface area contributed by atoms with E-state index < -0.39 is 0 Å². The molecule has 2 unspecified atom stereocenters. The van der Waals surface area contributed by atoms with Crippen LogP contribution < -0.4 is 5.32 Å². The topological polar surface area (TPSA) is 35.5 Å². The van der Waals surface area contributed by atoms with Crippen molar-refractivity contribution in [3.63, 3.8) is 0 Å². The first-order chi connectivity index (χ1) is 8.09. The third kappa shape index (κ3) is 6.39. The Bertz CT molecular complexity index is 197. The first-order valence-electron chi connectivity index (χ1n) is 7.18. The first kappa shape index (κ1) is 14.9. The van der Waals surface area contributed by atoms with E-state index in [4.69, 9.17) is 0 Å². The van der Waals surface area contributed by atoms with E-state index in [0.29, 0.717) is 5.92 Å². The molecule has 0 aromatic rings. The average Bonchev–Trinajstić information content (AvgIpc) is 2.25. The number of piperidine rings is 1. The molecule has 17 heavy (non-hydrogen) atoms. The molecule has 0 spiro atoms. The maximum Gasteiger partial charge on any atom is 0.0667 e. The van der Waals surface area contributed by atoms with E-state index in [1.54, 1.807) is 0 Å². The zero-order chi connectivity index (χ0) is 12.7. The maximum absolute atomic E-state index is 9.74. The van der Waals surface area contributed by atoms with Crippen molar-refractivity contribution in [1.82, 2.24) is 10.2 Å². The molecule has 102 valence electrons. The van der Waals surface area contributed by atoms with Crippen molar-refractivity contribution >= 4 is 0 Å². The van der Waals surface area contributed by atoms with Gasteiger partial charge in [0.25, 0.3) is 0 Å². The molecule has 0 saturated carbocycles. The fourth-order valence-corrected chi connectivity index (χ4v) is 2.67. The van der Waals surface area contributed by atoms with E-state index in [2.05, 4.69) is 31.1 Å². The van der Waals surface area contributed by atoms with Crippen molar-refractivity contribution in [1.29, 1.82) is 0 Å². The summed E-state index contributed by atoms with van der Waals surface area (Å²) in [5.41, 5.74) is 0. The van der Waals surface area contributed by atoms with Crippen LogP contribution in [0, 0.1) is 5.92 Å². The largest absolute Gasteiger partial charge is 0.392 e. The van der Waals surface area contributed by atoms with Gasteiger partial charge in [0.15, 0.2) is 0 Å². The summed E-state index contributed by atoms with van der Waals surface area (Å²) in [5.74, 6) is 0.580. The number of aliphatic hydroxyl groups is 1. The lowest BCUT2D eigenvalue weighted by molar-refractivity contribution is 0.141. The monoisotopic (exact) mass is 242 g/mol. The third-order valence-corrected chi connectivity index (χ3v) is 3.70. The third-order valence-electron chi connectivity index (χ3n) is 3.70. The number of likely N-dealkylation sites (tertiary alicyclic amines) is 1. The molecule has 0 amide bonds. The Balaban J connectivity index is 2.03. The summed E-state index contributed by atoms with van der Waals surface area (Å²) in [5, 5.41) is 13.1. The Morgan fingerprint density at radius 1 is 1.35 bits per heavy atom. The van der Waals surface area contributed by atoms with Gasteiger partial charge in [-0.1, -0.05) is 20.3 Å².